The van der Waals surface area contributed by atoms with Crippen molar-refractivity contribution in [1.29, 1.82) is 0 Å². The van der Waals surface area contributed by atoms with E-state index in [1.807, 2.05) is 0 Å². The van der Waals surface area contributed by atoms with E-state index in [0.717, 1.165) is 8.99 Å². The molecule has 1 fully saturated rings. The second-order valence-electron chi connectivity index (χ2n) is 1.89. The smallest absolute Gasteiger partial charge is 0.217 e. The number of hydrogen-bond acceptors (Lipinski definition) is 2. The minimum atomic E-state index is -0.766. The third-order valence-corrected chi connectivity index (χ3v) is 1.65. The first-order chi connectivity index (χ1) is 5.04. The molecule has 0 aromatic carbocycles. The van der Waals surface area contributed by atoms with Crippen LogP contribution >= 0.6 is 23.6 Å². The summed E-state index contributed by atoms with van der Waals surface area (Å²) < 4.78 is 2.08. The molecule has 0 N–H and O–H groups in total. The van der Waals surface area contributed by atoms with Crippen LogP contribution < -0.4 is 0 Å². The van der Waals surface area contributed by atoms with Crippen molar-refractivity contribution in [2.24, 2.45) is 0 Å². The third kappa shape index (κ3) is 1.29. The minimum Gasteiger partial charge on any atom is -0.217 e. The largest absolute Gasteiger partial charge is 0.521 e. The Kier molecular flexibility index (Phi) is 2.01. The van der Waals surface area contributed by atoms with Crippen LogP contribution in [0.5, 0.6) is 0 Å². The number of rotatable bonds is 0. The van der Waals surface area contributed by atoms with Gasteiger partial charge in [-0.05, 0) is 4.42 Å². The lowest BCUT2D eigenvalue weighted by atomic mass is 10.7. The van der Waals surface area contributed by atoms with Crippen LogP contribution in [0.15, 0.2) is 0 Å². The maximum absolute atomic E-state index is 10.8. The van der Waals surface area contributed by atoms with Crippen LogP contribution in [0.4, 0.5) is 9.59 Å². The van der Waals surface area contributed by atoms with E-state index in [9.17, 15) is 9.59 Å². The van der Waals surface area contributed by atoms with Gasteiger partial charge in [0, 0.05) is 11.8 Å². The number of carbonyl (C=O) groups is 2. The molecule has 0 aromatic heterocycles. The molecule has 5 nitrogen and oxygen atoms in total. The molecule has 0 bridgehead atoms. The van der Waals surface area contributed by atoms with E-state index in [4.69, 9.17) is 23.6 Å². The second kappa shape index (κ2) is 2.67. The van der Waals surface area contributed by atoms with E-state index in [2.05, 4.69) is 6.72 Å². The normalized spacial score (nSPS) is 19.6. The lowest BCUT2D eigenvalue weighted by molar-refractivity contribution is -0.446. The fourth-order valence-electron chi connectivity index (χ4n) is 0.572. The minimum absolute atomic E-state index is 0.0670. The van der Waals surface area contributed by atoms with E-state index in [1.165, 1.54) is 0 Å². The van der Waals surface area contributed by atoms with Gasteiger partial charge in [-0.15, -0.1) is 0 Å². The number of nitrogens with zero attached hydrogens (tertiary/aromatic N) is 3. The number of hydrogen-bond donors (Lipinski definition) is 0. The molecule has 60 valence electrons. The fourth-order valence-corrected chi connectivity index (χ4v) is 1.01. The molecule has 1 aliphatic rings. The molecule has 1 aliphatic heterocycles. The van der Waals surface area contributed by atoms with Gasteiger partial charge in [0.25, 0.3) is 0 Å². The predicted octanol–water partition coefficient (Wildman–Crippen LogP) is 0.822. The van der Waals surface area contributed by atoms with Crippen molar-refractivity contribution in [2.75, 3.05) is 6.67 Å². The van der Waals surface area contributed by atoms with Gasteiger partial charge in [0.05, 0.1) is 6.72 Å². The summed E-state index contributed by atoms with van der Waals surface area (Å²) in [5.41, 5.74) is 0. The lowest BCUT2D eigenvalue weighted by Gasteiger charge is -2.18. The van der Waals surface area contributed by atoms with Crippen LogP contribution in [0.2, 0.25) is 0 Å². The maximum Gasteiger partial charge on any atom is 0.521 e. The molecule has 0 spiro atoms. The molecule has 0 saturated carbocycles. The van der Waals surface area contributed by atoms with E-state index >= 15 is 0 Å². The molecule has 1 heterocycles. The monoisotopic (exact) mass is 196 g/mol. The standard InChI is InChI=1S/C4H4Cl2N3O2/c1-7-2-8(5)4(11)9(6)3(7)10/h1-2H2/q+1. The van der Waals surface area contributed by atoms with Gasteiger partial charge in [-0.2, -0.15) is 13.8 Å². The number of amides is 4. The molecule has 1 saturated heterocycles. The summed E-state index contributed by atoms with van der Waals surface area (Å²) in [6, 6.07) is -1.45. The topological polar surface area (TPSA) is 43.6 Å². The highest BCUT2D eigenvalue weighted by Crippen LogP contribution is 2.12. The van der Waals surface area contributed by atoms with E-state index in [-0.39, 0.29) is 6.67 Å². The quantitative estimate of drug-likeness (QED) is 0.426. The van der Waals surface area contributed by atoms with Gasteiger partial charge in [0.2, 0.25) is 0 Å². The van der Waals surface area contributed by atoms with E-state index in [1.54, 1.807) is 0 Å². The van der Waals surface area contributed by atoms with Crippen molar-refractivity contribution in [2.45, 2.75) is 0 Å². The first kappa shape index (κ1) is 8.29. The summed E-state index contributed by atoms with van der Waals surface area (Å²) in [5.74, 6) is 0. The van der Waals surface area contributed by atoms with Gasteiger partial charge in [-0.3, -0.25) is 0 Å². The highest BCUT2D eigenvalue weighted by atomic mass is 35.5. The molecule has 0 radical (unpaired) electrons. The average molecular weight is 197 g/mol. The van der Waals surface area contributed by atoms with Crippen molar-refractivity contribution < 1.29 is 14.2 Å². The van der Waals surface area contributed by atoms with Gasteiger partial charge in [0.15, 0.2) is 18.4 Å². The predicted molar refractivity (Wildman–Crippen MR) is 38.4 cm³/mol. The molecule has 11 heavy (non-hydrogen) atoms. The van der Waals surface area contributed by atoms with Crippen molar-refractivity contribution in [1.82, 2.24) is 8.84 Å². The van der Waals surface area contributed by atoms with E-state index < -0.39 is 12.1 Å². The zero-order valence-corrected chi connectivity index (χ0v) is 6.84. The Balaban J connectivity index is 2.87. The van der Waals surface area contributed by atoms with Crippen LogP contribution in [0.25, 0.3) is 0 Å². The highest BCUT2D eigenvalue weighted by Gasteiger charge is 2.41. The Bertz CT molecular complexity index is 241. The number of carbonyl (C=O) groups excluding carboxylic acids is 2. The molecule has 4 amide bonds. The Morgan fingerprint density at radius 2 is 2.00 bits per heavy atom. The van der Waals surface area contributed by atoms with Crippen LogP contribution in [0, 0.1) is 0 Å². The highest BCUT2D eigenvalue weighted by molar-refractivity contribution is 6.33. The average Bonchev–Trinajstić information content (AvgIpc) is 1.97. The van der Waals surface area contributed by atoms with Crippen molar-refractivity contribution in [3.63, 3.8) is 0 Å². The SMILES string of the molecule is C=[N+]1CN(Cl)C(=O)N(Cl)C1=O. The summed E-state index contributed by atoms with van der Waals surface area (Å²) >= 11 is 10.6. The Morgan fingerprint density at radius 1 is 1.45 bits per heavy atom. The zero-order valence-electron chi connectivity index (χ0n) is 5.33. The van der Waals surface area contributed by atoms with Crippen LogP contribution in [0.1, 0.15) is 0 Å². The molecule has 1 rings (SSSR count). The van der Waals surface area contributed by atoms with Crippen molar-refractivity contribution in [3.05, 3.63) is 0 Å². The molecule has 0 aromatic rings. The van der Waals surface area contributed by atoms with Crippen LogP contribution in [-0.4, -0.2) is 38.9 Å². The number of halogens is 2. The molecular formula is C4H4Cl2N3O2+. The van der Waals surface area contributed by atoms with Gasteiger partial charge in [0.1, 0.15) is 0 Å². The summed E-state index contributed by atoms with van der Waals surface area (Å²) in [4.78, 5) is 21.6. The van der Waals surface area contributed by atoms with Crippen molar-refractivity contribution >= 4 is 42.3 Å². The number of imide groups is 1. The van der Waals surface area contributed by atoms with E-state index in [0.29, 0.717) is 4.42 Å². The van der Waals surface area contributed by atoms with Gasteiger partial charge in [-0.25, -0.2) is 4.79 Å². The van der Waals surface area contributed by atoms with Crippen LogP contribution in [-0.2, 0) is 0 Å². The Hall–Kier alpha value is -0.810. The first-order valence-corrected chi connectivity index (χ1v) is 3.27. The molecule has 0 aliphatic carbocycles. The lowest BCUT2D eigenvalue weighted by Crippen LogP contribution is -2.49. The summed E-state index contributed by atoms with van der Waals surface area (Å²) in [6.07, 6.45) is 0. The van der Waals surface area contributed by atoms with Crippen molar-refractivity contribution in [3.8, 4) is 0 Å². The summed E-state index contributed by atoms with van der Waals surface area (Å²) in [6.45, 7) is 3.23. The van der Waals surface area contributed by atoms with Gasteiger partial charge >= 0.3 is 12.1 Å². The number of urea groups is 2. The third-order valence-electron chi connectivity index (χ3n) is 1.11. The Labute approximate surface area is 72.6 Å². The molecule has 0 atom stereocenters. The first-order valence-electron chi connectivity index (χ1n) is 2.59. The summed E-state index contributed by atoms with van der Waals surface area (Å²) in [7, 11) is 0. The Morgan fingerprint density at radius 3 is 2.55 bits per heavy atom. The maximum atomic E-state index is 10.8. The van der Waals surface area contributed by atoms with Gasteiger partial charge in [-0.1, -0.05) is 0 Å². The van der Waals surface area contributed by atoms with Crippen LogP contribution in [0.3, 0.4) is 0 Å². The molecular weight excluding hydrogens is 193 g/mol. The van der Waals surface area contributed by atoms with Gasteiger partial charge < -0.3 is 0 Å². The fraction of sp³-hybridized carbons (Fsp3) is 0.250. The molecule has 7 heteroatoms. The second-order valence-corrected chi connectivity index (χ2v) is 2.64. The molecule has 0 unspecified atom stereocenters. The zero-order chi connectivity index (χ0) is 8.59. The summed E-state index contributed by atoms with van der Waals surface area (Å²) in [5, 5.41) is 0.